The molecule has 0 aromatic carbocycles. The van der Waals surface area contributed by atoms with Crippen LogP contribution in [0.4, 0.5) is 0 Å². The summed E-state index contributed by atoms with van der Waals surface area (Å²) in [6.07, 6.45) is 0. The maximum atomic E-state index is 11.7. The summed E-state index contributed by atoms with van der Waals surface area (Å²) in [7, 11) is 1.57. The lowest BCUT2D eigenvalue weighted by atomic mass is 10.2. The minimum absolute atomic E-state index is 0.104. The maximum absolute atomic E-state index is 11.7. The molecule has 1 aromatic rings. The first kappa shape index (κ1) is 13.1. The fourth-order valence-electron chi connectivity index (χ4n) is 1.95. The predicted octanol–water partition coefficient (Wildman–Crippen LogP) is 0.0868. The van der Waals surface area contributed by atoms with Gasteiger partial charge in [0.2, 0.25) is 5.76 Å². The molecule has 19 heavy (non-hydrogen) atoms. The van der Waals surface area contributed by atoms with Gasteiger partial charge in [0, 0.05) is 25.7 Å². The van der Waals surface area contributed by atoms with Gasteiger partial charge >= 0.3 is 17.8 Å². The van der Waals surface area contributed by atoms with Crippen molar-refractivity contribution in [3.05, 3.63) is 23.2 Å². The number of furan rings is 1. The minimum atomic E-state index is -1.15. The van der Waals surface area contributed by atoms with E-state index in [-0.39, 0.29) is 12.3 Å². The van der Waals surface area contributed by atoms with Crippen LogP contribution in [-0.4, -0.2) is 52.8 Å². The second kappa shape index (κ2) is 4.75. The number of hydrogen-bond acceptors (Lipinski definition) is 4. The van der Waals surface area contributed by atoms with Gasteiger partial charge in [-0.15, -0.1) is 0 Å². The molecule has 0 spiro atoms. The zero-order valence-electron chi connectivity index (χ0n) is 10.7. The van der Waals surface area contributed by atoms with E-state index < -0.39 is 17.8 Å². The monoisotopic (exact) mass is 266 g/mol. The average Bonchev–Trinajstić information content (AvgIpc) is 2.71. The molecule has 1 saturated heterocycles. The van der Waals surface area contributed by atoms with Crippen molar-refractivity contribution >= 4 is 17.8 Å². The Labute approximate surface area is 109 Å². The number of piperazine rings is 1. The zero-order valence-corrected chi connectivity index (χ0v) is 10.7. The van der Waals surface area contributed by atoms with Crippen LogP contribution in [0.1, 0.15) is 21.9 Å². The number of nitrogens with zero attached hydrogens (tertiary/aromatic N) is 2. The first-order chi connectivity index (χ1) is 8.90. The Balaban J connectivity index is 2.13. The van der Waals surface area contributed by atoms with E-state index in [1.54, 1.807) is 20.0 Å². The lowest BCUT2D eigenvalue weighted by Crippen LogP contribution is -2.52. The third-order valence-electron chi connectivity index (χ3n) is 3.03. The van der Waals surface area contributed by atoms with Crippen LogP contribution in [0.15, 0.2) is 10.5 Å². The van der Waals surface area contributed by atoms with Crippen molar-refractivity contribution in [2.75, 3.05) is 20.1 Å². The maximum Gasteiger partial charge on any atom is 0.372 e. The Morgan fingerprint density at radius 2 is 2.05 bits per heavy atom. The number of aryl methyl sites for hydroxylation is 1. The molecule has 0 unspecified atom stereocenters. The number of carboxylic acid groups (broad SMARTS) is 1. The number of hydrogen-bond donors (Lipinski definition) is 1. The highest BCUT2D eigenvalue weighted by Crippen LogP contribution is 2.17. The molecule has 1 aromatic heterocycles. The van der Waals surface area contributed by atoms with Gasteiger partial charge in [-0.25, -0.2) is 4.79 Å². The molecule has 0 atom stereocenters. The quantitative estimate of drug-likeness (QED) is 0.783. The van der Waals surface area contributed by atoms with E-state index in [1.807, 2.05) is 0 Å². The molecule has 7 heteroatoms. The van der Waals surface area contributed by atoms with Crippen molar-refractivity contribution in [3.8, 4) is 0 Å². The van der Waals surface area contributed by atoms with Crippen LogP contribution >= 0.6 is 0 Å². The summed E-state index contributed by atoms with van der Waals surface area (Å²) in [5, 5.41) is 8.88. The fourth-order valence-corrected chi connectivity index (χ4v) is 1.95. The molecule has 1 aliphatic heterocycles. The third-order valence-corrected chi connectivity index (χ3v) is 3.03. The Bertz CT molecular complexity index is 548. The molecular weight excluding hydrogens is 252 g/mol. The Hall–Kier alpha value is -2.31. The second-order valence-electron chi connectivity index (χ2n) is 4.48. The van der Waals surface area contributed by atoms with E-state index in [0.717, 1.165) is 0 Å². The van der Waals surface area contributed by atoms with Crippen LogP contribution in [0.2, 0.25) is 0 Å². The highest BCUT2D eigenvalue weighted by molar-refractivity contribution is 6.35. The summed E-state index contributed by atoms with van der Waals surface area (Å²) in [6, 6.07) is 1.57. The fraction of sp³-hybridized carbons (Fsp3) is 0.417. The number of amides is 2. The van der Waals surface area contributed by atoms with Gasteiger partial charge in [-0.3, -0.25) is 9.59 Å². The predicted molar refractivity (Wildman–Crippen MR) is 63.5 cm³/mol. The third kappa shape index (κ3) is 2.44. The summed E-state index contributed by atoms with van der Waals surface area (Å²) in [5.41, 5.74) is 0.496. The molecule has 0 aliphatic carbocycles. The SMILES string of the molecule is Cc1cc(CN2CCN(C)C(=O)C2=O)oc1C(=O)O. The van der Waals surface area contributed by atoms with Gasteiger partial charge in [-0.2, -0.15) is 0 Å². The average molecular weight is 266 g/mol. The van der Waals surface area contributed by atoms with E-state index >= 15 is 0 Å². The smallest absolute Gasteiger partial charge is 0.372 e. The Morgan fingerprint density at radius 3 is 2.63 bits per heavy atom. The van der Waals surface area contributed by atoms with E-state index in [1.165, 1.54) is 9.80 Å². The molecule has 1 fully saturated rings. The van der Waals surface area contributed by atoms with Crippen molar-refractivity contribution in [1.29, 1.82) is 0 Å². The highest BCUT2D eigenvalue weighted by atomic mass is 16.4. The van der Waals surface area contributed by atoms with Gasteiger partial charge in [-0.05, 0) is 13.0 Å². The van der Waals surface area contributed by atoms with Crippen LogP contribution in [-0.2, 0) is 16.1 Å². The largest absolute Gasteiger partial charge is 0.475 e. The Kier molecular flexibility index (Phi) is 3.28. The van der Waals surface area contributed by atoms with Gasteiger partial charge in [0.1, 0.15) is 5.76 Å². The normalized spacial score (nSPS) is 16.1. The molecule has 2 amide bonds. The molecule has 0 bridgehead atoms. The summed E-state index contributed by atoms with van der Waals surface area (Å²) >= 11 is 0. The molecule has 1 N–H and O–H groups in total. The first-order valence-electron chi connectivity index (χ1n) is 5.77. The lowest BCUT2D eigenvalue weighted by molar-refractivity contribution is -0.155. The summed E-state index contributed by atoms with van der Waals surface area (Å²) in [6.45, 7) is 2.58. The summed E-state index contributed by atoms with van der Waals surface area (Å²) < 4.78 is 5.17. The van der Waals surface area contributed by atoms with Crippen LogP contribution in [0.25, 0.3) is 0 Å². The number of carbonyl (C=O) groups excluding carboxylic acids is 2. The van der Waals surface area contributed by atoms with Crippen molar-refractivity contribution in [2.45, 2.75) is 13.5 Å². The lowest BCUT2D eigenvalue weighted by Gasteiger charge is -2.30. The Morgan fingerprint density at radius 1 is 1.37 bits per heavy atom. The number of carbonyl (C=O) groups is 3. The number of aromatic carboxylic acids is 1. The molecule has 2 rings (SSSR count). The molecule has 1 aliphatic rings. The molecule has 0 saturated carbocycles. The number of likely N-dealkylation sites (N-methyl/N-ethyl adjacent to an activating group) is 1. The van der Waals surface area contributed by atoms with E-state index in [4.69, 9.17) is 9.52 Å². The first-order valence-corrected chi connectivity index (χ1v) is 5.77. The number of carboxylic acids is 1. The topological polar surface area (TPSA) is 91.1 Å². The van der Waals surface area contributed by atoms with Crippen LogP contribution in [0, 0.1) is 6.92 Å². The zero-order chi connectivity index (χ0) is 14.2. The number of rotatable bonds is 3. The van der Waals surface area contributed by atoms with Crippen LogP contribution in [0.3, 0.4) is 0 Å². The van der Waals surface area contributed by atoms with E-state index in [9.17, 15) is 14.4 Å². The molecular formula is C12H14N2O5. The van der Waals surface area contributed by atoms with Gasteiger partial charge in [-0.1, -0.05) is 0 Å². The molecule has 2 heterocycles. The van der Waals surface area contributed by atoms with Gasteiger partial charge in [0.05, 0.1) is 6.54 Å². The molecule has 0 radical (unpaired) electrons. The van der Waals surface area contributed by atoms with Crippen molar-refractivity contribution in [2.24, 2.45) is 0 Å². The van der Waals surface area contributed by atoms with Gasteiger partial charge in [0.15, 0.2) is 0 Å². The van der Waals surface area contributed by atoms with Gasteiger partial charge < -0.3 is 19.3 Å². The van der Waals surface area contributed by atoms with E-state index in [0.29, 0.717) is 24.4 Å². The van der Waals surface area contributed by atoms with Crippen LogP contribution < -0.4 is 0 Å². The van der Waals surface area contributed by atoms with Crippen molar-refractivity contribution in [1.82, 2.24) is 9.80 Å². The highest BCUT2D eigenvalue weighted by Gasteiger charge is 2.31. The second-order valence-corrected chi connectivity index (χ2v) is 4.48. The molecule has 102 valence electrons. The van der Waals surface area contributed by atoms with Crippen LogP contribution in [0.5, 0.6) is 0 Å². The van der Waals surface area contributed by atoms with Crippen molar-refractivity contribution in [3.63, 3.8) is 0 Å². The molecule has 7 nitrogen and oxygen atoms in total. The van der Waals surface area contributed by atoms with Gasteiger partial charge in [0.25, 0.3) is 0 Å². The van der Waals surface area contributed by atoms with Crippen molar-refractivity contribution < 1.29 is 23.9 Å². The standard InChI is InChI=1S/C12H14N2O5/c1-7-5-8(19-9(7)12(17)18)6-14-4-3-13(2)10(15)11(14)16/h5H,3-4,6H2,1-2H3,(H,17,18). The summed E-state index contributed by atoms with van der Waals surface area (Å²) in [4.78, 5) is 36.8. The minimum Gasteiger partial charge on any atom is -0.475 e. The summed E-state index contributed by atoms with van der Waals surface area (Å²) in [5.74, 6) is -2.08. The van der Waals surface area contributed by atoms with E-state index in [2.05, 4.69) is 0 Å².